The number of hydrogen-bond acceptors (Lipinski definition) is 6. The first-order valence-electron chi connectivity index (χ1n) is 8.61. The van der Waals surface area contributed by atoms with E-state index in [2.05, 4.69) is 5.43 Å². The number of thioether (sulfide) groups is 1. The van der Waals surface area contributed by atoms with E-state index in [0.29, 0.717) is 22.8 Å². The number of nitrogens with one attached hydrogen (secondary N) is 1. The van der Waals surface area contributed by atoms with Gasteiger partial charge in [0.15, 0.2) is 15.8 Å². The number of ether oxygens (including phenoxy) is 1. The van der Waals surface area contributed by atoms with Crippen molar-refractivity contribution in [3.63, 3.8) is 0 Å². The molecule has 2 N–H and O–H groups in total. The minimum absolute atomic E-state index is 0.0128. The third-order valence-electron chi connectivity index (χ3n) is 3.96. The van der Waals surface area contributed by atoms with Crippen LogP contribution in [0.25, 0.3) is 6.08 Å². The zero-order chi connectivity index (χ0) is 21.1. The van der Waals surface area contributed by atoms with E-state index in [4.69, 9.17) is 28.6 Å². The number of amides is 2. The summed E-state index contributed by atoms with van der Waals surface area (Å²) in [5.41, 5.74) is 4.32. The molecule has 0 radical (unpaired) electrons. The van der Waals surface area contributed by atoms with Crippen LogP contribution in [0.4, 0.5) is 0 Å². The van der Waals surface area contributed by atoms with Gasteiger partial charge >= 0.3 is 0 Å². The van der Waals surface area contributed by atoms with Gasteiger partial charge in [0.05, 0.1) is 22.1 Å². The van der Waals surface area contributed by atoms with Gasteiger partial charge in [0.25, 0.3) is 11.8 Å². The fourth-order valence-corrected chi connectivity index (χ4v) is 4.07. The van der Waals surface area contributed by atoms with Crippen molar-refractivity contribution in [3.8, 4) is 11.5 Å². The molecule has 0 aromatic heterocycles. The minimum atomic E-state index is -0.532. The Bertz CT molecular complexity index is 1040. The minimum Gasteiger partial charge on any atom is -0.504 e. The van der Waals surface area contributed by atoms with E-state index in [1.165, 1.54) is 6.07 Å². The number of nitrogens with zero attached hydrogens (tertiary/aromatic N) is 1. The van der Waals surface area contributed by atoms with E-state index in [-0.39, 0.29) is 20.7 Å². The van der Waals surface area contributed by atoms with Crippen LogP contribution < -0.4 is 10.2 Å². The van der Waals surface area contributed by atoms with Gasteiger partial charge in [0.1, 0.15) is 0 Å². The van der Waals surface area contributed by atoms with Crippen molar-refractivity contribution in [1.82, 2.24) is 10.4 Å². The quantitative estimate of drug-likeness (QED) is 0.524. The molecule has 1 saturated heterocycles. The van der Waals surface area contributed by atoms with E-state index < -0.39 is 11.8 Å². The molecule has 1 aliphatic rings. The zero-order valence-corrected chi connectivity index (χ0v) is 18.0. The monoisotopic (exact) mass is 448 g/mol. The maximum absolute atomic E-state index is 12.7. The van der Waals surface area contributed by atoms with E-state index in [1.807, 2.05) is 6.92 Å². The molecule has 0 aliphatic carbocycles. The number of benzene rings is 2. The average Bonchev–Trinajstić information content (AvgIpc) is 2.92. The predicted molar refractivity (Wildman–Crippen MR) is 118 cm³/mol. The second-order valence-electron chi connectivity index (χ2n) is 6.10. The lowest BCUT2D eigenvalue weighted by Gasteiger charge is -2.16. The molecule has 2 aromatic carbocycles. The molecule has 0 unspecified atom stereocenters. The van der Waals surface area contributed by atoms with Crippen LogP contribution >= 0.6 is 35.6 Å². The number of hydrazine groups is 1. The van der Waals surface area contributed by atoms with Crippen molar-refractivity contribution in [2.24, 2.45) is 0 Å². The number of aromatic hydroxyl groups is 1. The van der Waals surface area contributed by atoms with Crippen LogP contribution in [0.5, 0.6) is 11.5 Å². The van der Waals surface area contributed by atoms with Crippen molar-refractivity contribution in [2.75, 3.05) is 6.61 Å². The number of halogens is 1. The van der Waals surface area contributed by atoms with E-state index in [1.54, 1.807) is 43.3 Å². The van der Waals surface area contributed by atoms with Crippen molar-refractivity contribution in [2.45, 2.75) is 13.8 Å². The smallest absolute Gasteiger partial charge is 0.285 e. The summed E-state index contributed by atoms with van der Waals surface area (Å²) in [6, 6.07) is 9.77. The Morgan fingerprint density at radius 1 is 1.34 bits per heavy atom. The highest BCUT2D eigenvalue weighted by atomic mass is 35.5. The molecule has 2 amide bonds. The summed E-state index contributed by atoms with van der Waals surface area (Å²) in [7, 11) is 0. The molecule has 150 valence electrons. The van der Waals surface area contributed by atoms with Gasteiger partial charge in [-0.05, 0) is 67.5 Å². The Morgan fingerprint density at radius 2 is 2.10 bits per heavy atom. The van der Waals surface area contributed by atoms with Gasteiger partial charge in [0, 0.05) is 0 Å². The molecule has 2 aromatic rings. The first-order chi connectivity index (χ1) is 13.8. The van der Waals surface area contributed by atoms with E-state index in [9.17, 15) is 14.7 Å². The van der Waals surface area contributed by atoms with Gasteiger partial charge in [-0.15, -0.1) is 0 Å². The second-order valence-corrected chi connectivity index (χ2v) is 8.18. The molecule has 0 spiro atoms. The lowest BCUT2D eigenvalue weighted by molar-refractivity contribution is -0.123. The molecule has 3 rings (SSSR count). The molecule has 9 heteroatoms. The first-order valence-corrected chi connectivity index (χ1v) is 10.2. The van der Waals surface area contributed by atoms with Gasteiger partial charge in [-0.2, -0.15) is 5.01 Å². The summed E-state index contributed by atoms with van der Waals surface area (Å²) in [4.78, 5) is 25.6. The van der Waals surface area contributed by atoms with Gasteiger partial charge in [0.2, 0.25) is 0 Å². The van der Waals surface area contributed by atoms with Crippen LogP contribution in [-0.4, -0.2) is 32.9 Å². The van der Waals surface area contributed by atoms with Crippen LogP contribution in [0.3, 0.4) is 0 Å². The highest BCUT2D eigenvalue weighted by molar-refractivity contribution is 8.26. The van der Waals surface area contributed by atoms with Crippen LogP contribution in [0.2, 0.25) is 5.02 Å². The topological polar surface area (TPSA) is 78.9 Å². The number of phenolic OH excluding ortho intramolecular Hbond substituents is 1. The number of rotatable bonds is 5. The maximum Gasteiger partial charge on any atom is 0.285 e. The first kappa shape index (κ1) is 21.2. The summed E-state index contributed by atoms with van der Waals surface area (Å²) < 4.78 is 5.55. The highest BCUT2D eigenvalue weighted by Crippen LogP contribution is 2.34. The SMILES string of the molecule is CCOc1cc(/C=C2/SC(=S)N(NC(=O)c3ccc(C)cc3Cl)C2=O)ccc1O. The summed E-state index contributed by atoms with van der Waals surface area (Å²) in [5, 5.41) is 11.1. The molecule has 6 nitrogen and oxygen atoms in total. The average molecular weight is 449 g/mol. The molecular formula is C20H17ClN2O4S2. The van der Waals surface area contributed by atoms with Gasteiger partial charge in [-0.3, -0.25) is 15.0 Å². The highest BCUT2D eigenvalue weighted by Gasteiger charge is 2.34. The number of aryl methyl sites for hydroxylation is 1. The van der Waals surface area contributed by atoms with Crippen LogP contribution in [-0.2, 0) is 4.79 Å². The van der Waals surface area contributed by atoms with E-state index >= 15 is 0 Å². The zero-order valence-electron chi connectivity index (χ0n) is 15.6. The van der Waals surface area contributed by atoms with Gasteiger partial charge in [-0.25, -0.2) is 0 Å². The number of carbonyl (C=O) groups excluding carboxylic acids is 2. The maximum atomic E-state index is 12.7. The van der Waals surface area contributed by atoms with E-state index in [0.717, 1.165) is 22.3 Å². The number of thiocarbonyl (C=S) groups is 1. The summed E-state index contributed by atoms with van der Waals surface area (Å²) in [6.07, 6.45) is 1.62. The molecule has 0 bridgehead atoms. The molecule has 29 heavy (non-hydrogen) atoms. The molecular weight excluding hydrogens is 432 g/mol. The number of carbonyl (C=O) groups is 2. The Balaban J connectivity index is 1.80. The number of hydrogen-bond donors (Lipinski definition) is 2. The van der Waals surface area contributed by atoms with Crippen molar-refractivity contribution < 1.29 is 19.4 Å². The largest absolute Gasteiger partial charge is 0.504 e. The molecule has 0 saturated carbocycles. The van der Waals surface area contributed by atoms with Crippen molar-refractivity contribution in [1.29, 1.82) is 0 Å². The fraction of sp³-hybridized carbons (Fsp3) is 0.150. The van der Waals surface area contributed by atoms with Crippen LogP contribution in [0.1, 0.15) is 28.4 Å². The normalized spacial score (nSPS) is 15.1. The Morgan fingerprint density at radius 3 is 2.79 bits per heavy atom. The predicted octanol–water partition coefficient (Wildman–Crippen LogP) is 4.30. The third kappa shape index (κ3) is 4.72. The molecule has 1 aliphatic heterocycles. The summed E-state index contributed by atoms with van der Waals surface area (Å²) in [6.45, 7) is 4.06. The molecule has 1 fully saturated rings. The van der Waals surface area contributed by atoms with Crippen molar-refractivity contribution in [3.05, 3.63) is 63.0 Å². The van der Waals surface area contributed by atoms with Crippen LogP contribution in [0, 0.1) is 6.92 Å². The summed E-state index contributed by atoms with van der Waals surface area (Å²) >= 11 is 12.4. The lowest BCUT2D eigenvalue weighted by Crippen LogP contribution is -2.44. The Labute approximate surface area is 182 Å². The standard InChI is InChI=1S/C20H17ClN2O4S2/c1-3-27-16-9-12(5-7-15(16)24)10-17-19(26)23(20(28)29-17)22-18(25)13-6-4-11(2)8-14(13)21/h4-10,24H,3H2,1-2H3,(H,22,25)/b17-10+. The summed E-state index contributed by atoms with van der Waals surface area (Å²) in [5.74, 6) is -0.656. The second kappa shape index (κ2) is 8.86. The fourth-order valence-electron chi connectivity index (χ4n) is 2.57. The Kier molecular flexibility index (Phi) is 6.46. The molecule has 0 atom stereocenters. The van der Waals surface area contributed by atoms with Crippen LogP contribution in [0.15, 0.2) is 41.3 Å². The third-order valence-corrected chi connectivity index (χ3v) is 5.57. The van der Waals surface area contributed by atoms with Crippen molar-refractivity contribution >= 4 is 57.8 Å². The number of phenols is 1. The molecule has 1 heterocycles. The Hall–Kier alpha value is -2.55. The van der Waals surface area contributed by atoms with Gasteiger partial charge in [-0.1, -0.05) is 35.5 Å². The lowest BCUT2D eigenvalue weighted by atomic mass is 10.1. The van der Waals surface area contributed by atoms with Gasteiger partial charge < -0.3 is 9.84 Å².